The van der Waals surface area contributed by atoms with Gasteiger partial charge in [-0.1, -0.05) is 0 Å². The van der Waals surface area contributed by atoms with Crippen molar-refractivity contribution >= 4 is 21.7 Å². The van der Waals surface area contributed by atoms with Gasteiger partial charge in [-0.25, -0.2) is 9.97 Å². The lowest BCUT2D eigenvalue weighted by Crippen LogP contribution is -2.45. The smallest absolute Gasteiger partial charge is 0.146 e. The van der Waals surface area contributed by atoms with Crippen molar-refractivity contribution in [3.63, 3.8) is 0 Å². The summed E-state index contributed by atoms with van der Waals surface area (Å²) in [5.74, 6) is 2.48. The molecule has 1 aromatic heterocycles. The molecule has 0 aromatic carbocycles. The first-order valence-electron chi connectivity index (χ1n) is 6.04. The number of nitrogens with one attached hydrogen (secondary N) is 1. The number of hydrogen-bond donors (Lipinski definition) is 1. The van der Waals surface area contributed by atoms with Gasteiger partial charge in [0.2, 0.25) is 0 Å². The van der Waals surface area contributed by atoms with Gasteiger partial charge in [-0.2, -0.15) is 0 Å². The van der Waals surface area contributed by atoms with E-state index in [1.165, 1.54) is 0 Å². The van der Waals surface area contributed by atoms with E-state index in [0.29, 0.717) is 5.92 Å². The molecule has 17 heavy (non-hydrogen) atoms. The van der Waals surface area contributed by atoms with Crippen LogP contribution in [0.2, 0.25) is 0 Å². The molecule has 3 heterocycles. The molecule has 2 aliphatic rings. The summed E-state index contributed by atoms with van der Waals surface area (Å²) in [5.41, 5.74) is 0.158. The molecule has 2 saturated heterocycles. The monoisotopic (exact) mass is 296 g/mol. The molecule has 92 valence electrons. The van der Waals surface area contributed by atoms with Gasteiger partial charge in [0.05, 0.1) is 4.47 Å². The summed E-state index contributed by atoms with van der Waals surface area (Å²) in [5, 5.41) is 3.50. The zero-order valence-electron chi connectivity index (χ0n) is 10.2. The van der Waals surface area contributed by atoms with Crippen LogP contribution in [0.25, 0.3) is 0 Å². The minimum absolute atomic E-state index is 0.158. The Morgan fingerprint density at radius 1 is 1.47 bits per heavy atom. The van der Waals surface area contributed by atoms with Crippen LogP contribution in [0.4, 0.5) is 5.82 Å². The summed E-state index contributed by atoms with van der Waals surface area (Å²) in [6.07, 6.45) is 3.45. The molecule has 5 heteroatoms. The first kappa shape index (κ1) is 11.4. The van der Waals surface area contributed by atoms with Gasteiger partial charge in [0.25, 0.3) is 0 Å². The zero-order chi connectivity index (χ0) is 12.0. The summed E-state index contributed by atoms with van der Waals surface area (Å²) in [6, 6.07) is 0. The van der Waals surface area contributed by atoms with Gasteiger partial charge in [0, 0.05) is 31.4 Å². The maximum Gasteiger partial charge on any atom is 0.146 e. The molecule has 2 atom stereocenters. The molecule has 0 radical (unpaired) electrons. The highest BCUT2D eigenvalue weighted by Gasteiger charge is 2.50. The highest BCUT2D eigenvalue weighted by molar-refractivity contribution is 9.10. The predicted molar refractivity (Wildman–Crippen MR) is 71.0 cm³/mol. The van der Waals surface area contributed by atoms with Gasteiger partial charge in [0.15, 0.2) is 0 Å². The predicted octanol–water partition coefficient (Wildman–Crippen LogP) is 1.67. The molecule has 0 spiro atoms. The topological polar surface area (TPSA) is 41.0 Å². The van der Waals surface area contributed by atoms with Crippen LogP contribution in [-0.2, 0) is 0 Å². The van der Waals surface area contributed by atoms with Crippen molar-refractivity contribution in [2.75, 3.05) is 24.5 Å². The van der Waals surface area contributed by atoms with Gasteiger partial charge in [-0.05, 0) is 41.6 Å². The van der Waals surface area contributed by atoms with Crippen molar-refractivity contribution in [2.45, 2.75) is 19.4 Å². The van der Waals surface area contributed by atoms with Crippen LogP contribution >= 0.6 is 15.9 Å². The molecule has 0 amide bonds. The lowest BCUT2D eigenvalue weighted by molar-refractivity contribution is 0.356. The number of fused-ring (bicyclic) bond motifs is 1. The minimum atomic E-state index is 0.158. The largest absolute Gasteiger partial charge is 0.350 e. The maximum atomic E-state index is 4.43. The highest BCUT2D eigenvalue weighted by atomic mass is 79.9. The van der Waals surface area contributed by atoms with E-state index < -0.39 is 0 Å². The Hall–Kier alpha value is -0.680. The SMILES string of the molecule is CC1(C)C2CNCC2CN1c1ncncc1Br. The van der Waals surface area contributed by atoms with Crippen molar-refractivity contribution < 1.29 is 0 Å². The highest BCUT2D eigenvalue weighted by Crippen LogP contribution is 2.43. The average Bonchev–Trinajstić information content (AvgIpc) is 2.83. The maximum absolute atomic E-state index is 4.43. The van der Waals surface area contributed by atoms with Crippen molar-refractivity contribution in [1.29, 1.82) is 0 Å². The number of hydrogen-bond acceptors (Lipinski definition) is 4. The van der Waals surface area contributed by atoms with Crippen molar-refractivity contribution in [2.24, 2.45) is 11.8 Å². The van der Waals surface area contributed by atoms with Crippen molar-refractivity contribution in [3.05, 3.63) is 17.0 Å². The molecule has 0 saturated carbocycles. The molecule has 3 rings (SSSR count). The zero-order valence-corrected chi connectivity index (χ0v) is 11.7. The Kier molecular flexibility index (Phi) is 2.63. The van der Waals surface area contributed by atoms with Crippen molar-refractivity contribution in [1.82, 2.24) is 15.3 Å². The van der Waals surface area contributed by atoms with E-state index in [4.69, 9.17) is 0 Å². The molecule has 1 aromatic rings. The Morgan fingerprint density at radius 2 is 2.29 bits per heavy atom. The summed E-state index contributed by atoms with van der Waals surface area (Å²) in [7, 11) is 0. The van der Waals surface area contributed by atoms with E-state index in [2.05, 4.69) is 50.0 Å². The first-order valence-corrected chi connectivity index (χ1v) is 6.84. The van der Waals surface area contributed by atoms with Crippen LogP contribution < -0.4 is 10.2 Å². The third-order valence-corrected chi connectivity index (χ3v) is 4.82. The van der Waals surface area contributed by atoms with Gasteiger partial charge in [-0.3, -0.25) is 0 Å². The molecule has 4 nitrogen and oxygen atoms in total. The van der Waals surface area contributed by atoms with E-state index in [1.54, 1.807) is 6.33 Å². The van der Waals surface area contributed by atoms with Gasteiger partial charge in [-0.15, -0.1) is 0 Å². The third-order valence-electron chi connectivity index (χ3n) is 4.26. The third kappa shape index (κ3) is 1.67. The van der Waals surface area contributed by atoms with Gasteiger partial charge >= 0.3 is 0 Å². The normalized spacial score (nSPS) is 30.6. The Balaban J connectivity index is 1.97. The van der Waals surface area contributed by atoms with E-state index >= 15 is 0 Å². The number of nitrogens with zero attached hydrogens (tertiary/aromatic N) is 3. The Bertz CT molecular complexity index is 434. The number of anilines is 1. The van der Waals surface area contributed by atoms with E-state index in [-0.39, 0.29) is 5.54 Å². The van der Waals surface area contributed by atoms with Crippen LogP contribution in [0.5, 0.6) is 0 Å². The molecule has 1 N–H and O–H groups in total. The first-order chi connectivity index (χ1) is 8.10. The second kappa shape index (κ2) is 3.92. The lowest BCUT2D eigenvalue weighted by Gasteiger charge is -2.36. The summed E-state index contributed by atoms with van der Waals surface area (Å²) in [6.45, 7) is 7.98. The van der Waals surface area contributed by atoms with Gasteiger partial charge < -0.3 is 10.2 Å². The fourth-order valence-corrected chi connectivity index (χ4v) is 3.72. The van der Waals surface area contributed by atoms with Crippen LogP contribution in [-0.4, -0.2) is 35.1 Å². The molecule has 0 aliphatic carbocycles. The Labute approximate surface area is 110 Å². The average molecular weight is 297 g/mol. The fraction of sp³-hybridized carbons (Fsp3) is 0.667. The fourth-order valence-electron chi connectivity index (χ4n) is 3.29. The summed E-state index contributed by atoms with van der Waals surface area (Å²) < 4.78 is 0.987. The molecule has 2 aliphatic heterocycles. The second-order valence-electron chi connectivity index (χ2n) is 5.48. The summed E-state index contributed by atoms with van der Waals surface area (Å²) in [4.78, 5) is 10.9. The van der Waals surface area contributed by atoms with Crippen molar-refractivity contribution in [3.8, 4) is 0 Å². The number of halogens is 1. The minimum Gasteiger partial charge on any atom is -0.350 e. The van der Waals surface area contributed by atoms with Crippen LogP contribution in [0.3, 0.4) is 0 Å². The second-order valence-corrected chi connectivity index (χ2v) is 6.34. The van der Waals surface area contributed by atoms with Crippen LogP contribution in [0.1, 0.15) is 13.8 Å². The molecule has 2 unspecified atom stereocenters. The number of rotatable bonds is 1. The van der Waals surface area contributed by atoms with Crippen LogP contribution in [0, 0.1) is 11.8 Å². The van der Waals surface area contributed by atoms with Gasteiger partial charge in [0.1, 0.15) is 12.1 Å². The van der Waals surface area contributed by atoms with Crippen LogP contribution in [0.15, 0.2) is 17.0 Å². The summed E-state index contributed by atoms with van der Waals surface area (Å²) >= 11 is 3.56. The molecular weight excluding hydrogens is 280 g/mol. The molecular formula is C12H17BrN4. The number of aromatic nitrogens is 2. The van der Waals surface area contributed by atoms with E-state index in [1.807, 2.05) is 6.20 Å². The van der Waals surface area contributed by atoms with E-state index in [0.717, 1.165) is 35.8 Å². The molecule has 2 fully saturated rings. The lowest BCUT2D eigenvalue weighted by atomic mass is 9.85. The Morgan fingerprint density at radius 3 is 3.00 bits per heavy atom. The standard InChI is InChI=1S/C12H17BrN4/c1-12(2)9-4-14-3-8(9)6-17(12)11-10(13)5-15-7-16-11/h5,7-9,14H,3-4,6H2,1-2H3. The quantitative estimate of drug-likeness (QED) is 0.856. The molecule has 0 bridgehead atoms. The van der Waals surface area contributed by atoms with E-state index in [9.17, 15) is 0 Å².